The van der Waals surface area contributed by atoms with Gasteiger partial charge in [-0.1, -0.05) is 6.92 Å². The summed E-state index contributed by atoms with van der Waals surface area (Å²) in [6.45, 7) is 4.27. The lowest BCUT2D eigenvalue weighted by Gasteiger charge is -2.16. The van der Waals surface area contributed by atoms with Crippen LogP contribution in [0.15, 0.2) is 17.0 Å². The highest BCUT2D eigenvalue weighted by molar-refractivity contribution is 7.80. The molecule has 1 aromatic rings. The second-order valence-electron chi connectivity index (χ2n) is 3.52. The molecule has 0 amide bonds. The molecule has 0 bridgehead atoms. The molecule has 0 heterocycles. The molecular weight excluding hydrogens is 178 g/mol. The maximum atomic E-state index is 4.49. The molecule has 0 N–H and O–H groups in total. The summed E-state index contributed by atoms with van der Waals surface area (Å²) in [5.41, 5.74) is 3.84. The van der Waals surface area contributed by atoms with Gasteiger partial charge in [0.05, 0.1) is 0 Å². The lowest BCUT2D eigenvalue weighted by Crippen LogP contribution is -2.09. The van der Waals surface area contributed by atoms with Gasteiger partial charge in [-0.15, -0.1) is 12.6 Å². The van der Waals surface area contributed by atoms with Crippen molar-refractivity contribution in [1.29, 1.82) is 0 Å². The number of rotatable bonds is 2. The highest BCUT2D eigenvalue weighted by Gasteiger charge is 2.04. The SMILES string of the molecule is CCc1cc(N(C)C)cc(C)c1S. The molecule has 0 saturated heterocycles. The number of anilines is 1. The van der Waals surface area contributed by atoms with E-state index in [1.54, 1.807) is 0 Å². The molecule has 0 atom stereocenters. The van der Waals surface area contributed by atoms with Gasteiger partial charge < -0.3 is 4.90 Å². The quantitative estimate of drug-likeness (QED) is 0.710. The van der Waals surface area contributed by atoms with Crippen molar-refractivity contribution in [1.82, 2.24) is 0 Å². The molecule has 0 aliphatic rings. The summed E-state index contributed by atoms with van der Waals surface area (Å²) < 4.78 is 0. The summed E-state index contributed by atoms with van der Waals surface area (Å²) in [7, 11) is 4.12. The van der Waals surface area contributed by atoms with E-state index in [1.807, 2.05) is 0 Å². The van der Waals surface area contributed by atoms with Crippen LogP contribution in [0.2, 0.25) is 0 Å². The Kier molecular flexibility index (Phi) is 3.26. The van der Waals surface area contributed by atoms with E-state index < -0.39 is 0 Å². The lowest BCUT2D eigenvalue weighted by molar-refractivity contribution is 1.04. The topological polar surface area (TPSA) is 3.24 Å². The van der Waals surface area contributed by atoms with Crippen molar-refractivity contribution >= 4 is 18.3 Å². The first-order valence-electron chi connectivity index (χ1n) is 4.56. The number of benzene rings is 1. The molecule has 0 unspecified atom stereocenters. The van der Waals surface area contributed by atoms with Crippen molar-refractivity contribution in [2.75, 3.05) is 19.0 Å². The van der Waals surface area contributed by atoms with Gasteiger partial charge in [0.15, 0.2) is 0 Å². The molecule has 0 aliphatic heterocycles. The van der Waals surface area contributed by atoms with E-state index in [0.29, 0.717) is 0 Å². The molecular formula is C11H17NS. The van der Waals surface area contributed by atoms with Crippen LogP contribution in [0.4, 0.5) is 5.69 Å². The van der Waals surface area contributed by atoms with Gasteiger partial charge in [0, 0.05) is 24.7 Å². The molecule has 0 aromatic heterocycles. The monoisotopic (exact) mass is 195 g/mol. The molecule has 0 spiro atoms. The zero-order valence-corrected chi connectivity index (χ0v) is 9.65. The van der Waals surface area contributed by atoms with Crippen molar-refractivity contribution in [3.8, 4) is 0 Å². The Balaban J connectivity index is 3.22. The third kappa shape index (κ3) is 2.19. The zero-order chi connectivity index (χ0) is 10.0. The van der Waals surface area contributed by atoms with Crippen LogP contribution in [0.25, 0.3) is 0 Å². The van der Waals surface area contributed by atoms with Crippen LogP contribution < -0.4 is 4.90 Å². The Hall–Kier alpha value is -0.630. The molecule has 1 nitrogen and oxygen atoms in total. The van der Waals surface area contributed by atoms with Gasteiger partial charge in [-0.3, -0.25) is 0 Å². The van der Waals surface area contributed by atoms with E-state index in [0.717, 1.165) is 11.3 Å². The predicted molar refractivity (Wildman–Crippen MR) is 62.1 cm³/mol. The minimum absolute atomic E-state index is 1.04. The summed E-state index contributed by atoms with van der Waals surface area (Å²) in [6, 6.07) is 4.37. The van der Waals surface area contributed by atoms with Crippen LogP contribution in [0.3, 0.4) is 0 Å². The fourth-order valence-electron chi connectivity index (χ4n) is 1.36. The summed E-state index contributed by atoms with van der Waals surface area (Å²) in [4.78, 5) is 3.26. The second kappa shape index (κ2) is 4.05. The first kappa shape index (κ1) is 10.5. The van der Waals surface area contributed by atoms with Crippen molar-refractivity contribution in [2.24, 2.45) is 0 Å². The average molecular weight is 195 g/mol. The van der Waals surface area contributed by atoms with E-state index in [4.69, 9.17) is 0 Å². The highest BCUT2D eigenvalue weighted by Crippen LogP contribution is 2.25. The predicted octanol–water partition coefficient (Wildman–Crippen LogP) is 2.91. The largest absolute Gasteiger partial charge is 0.378 e. The standard InChI is InChI=1S/C11H17NS/c1-5-9-7-10(12(3)4)6-8(2)11(9)13/h6-7,13H,5H2,1-4H3. The van der Waals surface area contributed by atoms with Crippen LogP contribution >= 0.6 is 12.6 Å². The van der Waals surface area contributed by atoms with Crippen LogP contribution in [0, 0.1) is 6.92 Å². The van der Waals surface area contributed by atoms with Crippen LogP contribution in [0.1, 0.15) is 18.1 Å². The average Bonchev–Trinajstić information content (AvgIpc) is 2.09. The lowest BCUT2D eigenvalue weighted by atomic mass is 10.1. The highest BCUT2D eigenvalue weighted by atomic mass is 32.1. The molecule has 0 saturated carbocycles. The Morgan fingerprint density at radius 3 is 2.38 bits per heavy atom. The molecule has 0 aliphatic carbocycles. The normalized spacial score (nSPS) is 10.2. The van der Waals surface area contributed by atoms with Gasteiger partial charge in [0.2, 0.25) is 0 Å². The van der Waals surface area contributed by atoms with E-state index in [9.17, 15) is 0 Å². The Labute approximate surface area is 86.2 Å². The molecule has 72 valence electrons. The molecule has 1 aromatic carbocycles. The third-order valence-corrected chi connectivity index (χ3v) is 2.90. The number of nitrogens with zero attached hydrogens (tertiary/aromatic N) is 1. The summed E-state index contributed by atoms with van der Waals surface area (Å²) in [5, 5.41) is 0. The number of thiol groups is 1. The minimum atomic E-state index is 1.04. The first-order chi connectivity index (χ1) is 6.06. The molecule has 0 radical (unpaired) electrons. The van der Waals surface area contributed by atoms with Crippen LogP contribution in [-0.2, 0) is 6.42 Å². The third-order valence-electron chi connectivity index (χ3n) is 2.26. The summed E-state index contributed by atoms with van der Waals surface area (Å²) in [6.07, 6.45) is 1.04. The Morgan fingerprint density at radius 1 is 1.31 bits per heavy atom. The molecule has 1 rings (SSSR count). The smallest absolute Gasteiger partial charge is 0.0367 e. The van der Waals surface area contributed by atoms with E-state index in [2.05, 4.69) is 57.6 Å². The number of aryl methyl sites for hydroxylation is 2. The maximum absolute atomic E-state index is 4.49. The number of hydrogen-bond donors (Lipinski definition) is 1. The number of hydrogen-bond acceptors (Lipinski definition) is 2. The van der Waals surface area contributed by atoms with Crippen molar-refractivity contribution < 1.29 is 0 Å². The van der Waals surface area contributed by atoms with Gasteiger partial charge >= 0.3 is 0 Å². The fraction of sp³-hybridized carbons (Fsp3) is 0.455. The van der Waals surface area contributed by atoms with Gasteiger partial charge in [0.1, 0.15) is 0 Å². The van der Waals surface area contributed by atoms with Gasteiger partial charge in [0.25, 0.3) is 0 Å². The Morgan fingerprint density at radius 2 is 1.92 bits per heavy atom. The van der Waals surface area contributed by atoms with E-state index in [-0.39, 0.29) is 0 Å². The van der Waals surface area contributed by atoms with Crippen molar-refractivity contribution in [3.05, 3.63) is 23.3 Å². The summed E-state index contributed by atoms with van der Waals surface area (Å²) >= 11 is 4.49. The molecule has 2 heteroatoms. The van der Waals surface area contributed by atoms with Gasteiger partial charge in [-0.2, -0.15) is 0 Å². The summed E-state index contributed by atoms with van der Waals surface area (Å²) in [5.74, 6) is 0. The Bertz CT molecular complexity index is 305. The minimum Gasteiger partial charge on any atom is -0.378 e. The molecule has 13 heavy (non-hydrogen) atoms. The van der Waals surface area contributed by atoms with Gasteiger partial charge in [-0.05, 0) is 36.6 Å². The fourth-order valence-corrected chi connectivity index (χ4v) is 1.65. The van der Waals surface area contributed by atoms with E-state index >= 15 is 0 Å². The van der Waals surface area contributed by atoms with Crippen LogP contribution in [0.5, 0.6) is 0 Å². The maximum Gasteiger partial charge on any atom is 0.0367 e. The molecule has 0 fully saturated rings. The van der Waals surface area contributed by atoms with Crippen molar-refractivity contribution in [3.63, 3.8) is 0 Å². The first-order valence-corrected chi connectivity index (χ1v) is 5.00. The van der Waals surface area contributed by atoms with Gasteiger partial charge in [-0.25, -0.2) is 0 Å². The van der Waals surface area contributed by atoms with Crippen molar-refractivity contribution in [2.45, 2.75) is 25.2 Å². The van der Waals surface area contributed by atoms with Crippen LogP contribution in [-0.4, -0.2) is 14.1 Å². The zero-order valence-electron chi connectivity index (χ0n) is 8.76. The second-order valence-corrected chi connectivity index (χ2v) is 3.97. The van der Waals surface area contributed by atoms with E-state index in [1.165, 1.54) is 16.8 Å².